The molecular formula is C13H14ClFN2O3S. The molecule has 5 nitrogen and oxygen atoms in total. The fourth-order valence-corrected chi connectivity index (χ4v) is 3.19. The number of nitrogens with one attached hydrogen (secondary N) is 2. The molecule has 21 heavy (non-hydrogen) atoms. The van der Waals surface area contributed by atoms with Crippen molar-refractivity contribution in [2.75, 3.05) is 11.8 Å². The molecule has 0 radical (unpaired) electrons. The van der Waals surface area contributed by atoms with Crippen LogP contribution in [0.15, 0.2) is 33.6 Å². The molecule has 0 aliphatic carbocycles. The molecule has 0 bridgehead atoms. The quantitative estimate of drug-likeness (QED) is 0.883. The largest absolute Gasteiger partial charge is 0.464 e. The highest BCUT2D eigenvalue weighted by Crippen LogP contribution is 2.24. The van der Waals surface area contributed by atoms with E-state index in [2.05, 4.69) is 10.0 Å². The van der Waals surface area contributed by atoms with E-state index in [9.17, 15) is 12.8 Å². The summed E-state index contributed by atoms with van der Waals surface area (Å²) < 4.78 is 45.6. The topological polar surface area (TPSA) is 71.3 Å². The van der Waals surface area contributed by atoms with Gasteiger partial charge in [0.15, 0.2) is 0 Å². The van der Waals surface area contributed by atoms with Gasteiger partial charge in [-0.15, -0.1) is 0 Å². The van der Waals surface area contributed by atoms with Crippen LogP contribution in [0.25, 0.3) is 0 Å². The molecule has 2 N–H and O–H groups in total. The lowest BCUT2D eigenvalue weighted by atomic mass is 10.3. The monoisotopic (exact) mass is 332 g/mol. The molecule has 0 amide bonds. The zero-order valence-electron chi connectivity index (χ0n) is 11.4. The van der Waals surface area contributed by atoms with Crippen LogP contribution in [-0.4, -0.2) is 15.5 Å². The van der Waals surface area contributed by atoms with Crippen LogP contribution >= 0.6 is 11.6 Å². The zero-order valence-corrected chi connectivity index (χ0v) is 13.0. The third kappa shape index (κ3) is 3.55. The van der Waals surface area contributed by atoms with Crippen LogP contribution in [0.2, 0.25) is 5.02 Å². The number of benzene rings is 1. The number of sulfonamides is 1. The van der Waals surface area contributed by atoms with E-state index in [-0.39, 0.29) is 21.4 Å². The molecule has 2 rings (SSSR count). The highest BCUT2D eigenvalue weighted by molar-refractivity contribution is 7.92. The summed E-state index contributed by atoms with van der Waals surface area (Å²) in [4.78, 5) is 0.0168. The number of aryl methyl sites for hydroxylation is 1. The standard InChI is InChI=1S/C13H14ClFN2O3S/c1-8-13(6-10(20-8)7-16-2)21(18,19)17-9-3-4-11(14)12(15)5-9/h3-6,16-17H,7H2,1-2H3. The number of hydrogen-bond donors (Lipinski definition) is 2. The van der Waals surface area contributed by atoms with Crippen LogP contribution in [0.5, 0.6) is 0 Å². The lowest BCUT2D eigenvalue weighted by molar-refractivity contribution is 0.466. The van der Waals surface area contributed by atoms with Gasteiger partial charge in [-0.3, -0.25) is 4.72 Å². The van der Waals surface area contributed by atoms with E-state index in [1.807, 2.05) is 0 Å². The summed E-state index contributed by atoms with van der Waals surface area (Å²) in [6, 6.07) is 5.11. The Balaban J connectivity index is 2.31. The van der Waals surface area contributed by atoms with Gasteiger partial charge in [0.25, 0.3) is 10.0 Å². The van der Waals surface area contributed by atoms with E-state index in [0.29, 0.717) is 12.3 Å². The molecule has 1 aromatic heterocycles. The minimum Gasteiger partial charge on any atom is -0.464 e. The summed E-state index contributed by atoms with van der Waals surface area (Å²) in [6.45, 7) is 1.96. The van der Waals surface area contributed by atoms with Crippen LogP contribution in [-0.2, 0) is 16.6 Å². The van der Waals surface area contributed by atoms with Gasteiger partial charge in [0.2, 0.25) is 0 Å². The third-order valence-electron chi connectivity index (χ3n) is 2.74. The van der Waals surface area contributed by atoms with E-state index in [4.69, 9.17) is 16.0 Å². The summed E-state index contributed by atoms with van der Waals surface area (Å²) in [5, 5.41) is 2.79. The Morgan fingerprint density at radius 1 is 1.33 bits per heavy atom. The van der Waals surface area contributed by atoms with Crippen LogP contribution in [0.1, 0.15) is 11.5 Å². The highest BCUT2D eigenvalue weighted by atomic mass is 35.5. The fourth-order valence-electron chi connectivity index (χ4n) is 1.82. The SMILES string of the molecule is CNCc1cc(S(=O)(=O)Nc2ccc(Cl)c(F)c2)c(C)o1. The molecule has 2 aromatic rings. The first-order valence-electron chi connectivity index (χ1n) is 6.05. The Bertz CT molecular complexity index is 759. The number of rotatable bonds is 5. The predicted molar refractivity (Wildman–Crippen MR) is 78.4 cm³/mol. The molecule has 0 atom stereocenters. The normalized spacial score (nSPS) is 11.6. The molecule has 0 spiro atoms. The van der Waals surface area contributed by atoms with Gasteiger partial charge in [0, 0.05) is 6.07 Å². The minimum absolute atomic E-state index is 0.0168. The summed E-state index contributed by atoms with van der Waals surface area (Å²) in [5.74, 6) is 0.0662. The van der Waals surface area contributed by atoms with Crippen molar-refractivity contribution in [1.82, 2.24) is 5.32 Å². The molecule has 0 saturated carbocycles. The van der Waals surface area contributed by atoms with Gasteiger partial charge in [-0.2, -0.15) is 0 Å². The highest BCUT2D eigenvalue weighted by Gasteiger charge is 2.21. The average Bonchev–Trinajstić information content (AvgIpc) is 2.76. The van der Waals surface area contributed by atoms with E-state index in [1.165, 1.54) is 18.2 Å². The van der Waals surface area contributed by atoms with E-state index < -0.39 is 15.8 Å². The van der Waals surface area contributed by atoms with Gasteiger partial charge in [-0.05, 0) is 32.2 Å². The summed E-state index contributed by atoms with van der Waals surface area (Å²) in [7, 11) is -2.13. The molecule has 114 valence electrons. The Morgan fingerprint density at radius 3 is 2.67 bits per heavy atom. The van der Waals surface area contributed by atoms with Crippen molar-refractivity contribution >= 4 is 27.3 Å². The molecule has 1 aromatic carbocycles. The van der Waals surface area contributed by atoms with E-state index in [0.717, 1.165) is 6.07 Å². The maximum absolute atomic E-state index is 13.3. The first-order chi connectivity index (χ1) is 9.83. The molecule has 0 fully saturated rings. The van der Waals surface area contributed by atoms with Crippen molar-refractivity contribution in [3.63, 3.8) is 0 Å². The maximum atomic E-state index is 13.3. The Kier molecular flexibility index (Phi) is 4.55. The van der Waals surface area contributed by atoms with Crippen molar-refractivity contribution in [3.05, 3.63) is 46.6 Å². The smallest absolute Gasteiger partial charge is 0.265 e. The number of anilines is 1. The third-order valence-corrected chi connectivity index (χ3v) is 4.53. The van der Waals surface area contributed by atoms with Gasteiger partial charge >= 0.3 is 0 Å². The number of hydrogen-bond acceptors (Lipinski definition) is 4. The Hall–Kier alpha value is -1.57. The summed E-state index contributed by atoms with van der Waals surface area (Å²) in [6.07, 6.45) is 0. The van der Waals surface area contributed by atoms with Crippen molar-refractivity contribution in [3.8, 4) is 0 Å². The maximum Gasteiger partial charge on any atom is 0.265 e. The van der Waals surface area contributed by atoms with Crippen molar-refractivity contribution in [2.24, 2.45) is 0 Å². The van der Waals surface area contributed by atoms with Crippen LogP contribution in [0.3, 0.4) is 0 Å². The first kappa shape index (κ1) is 15.8. The van der Waals surface area contributed by atoms with Crippen LogP contribution in [0.4, 0.5) is 10.1 Å². The van der Waals surface area contributed by atoms with Gasteiger partial charge in [0.1, 0.15) is 22.2 Å². The average molecular weight is 333 g/mol. The molecule has 8 heteroatoms. The number of furan rings is 1. The zero-order chi connectivity index (χ0) is 15.6. The lowest BCUT2D eigenvalue weighted by Crippen LogP contribution is -2.13. The van der Waals surface area contributed by atoms with Crippen molar-refractivity contribution < 1.29 is 17.2 Å². The van der Waals surface area contributed by atoms with Gasteiger partial charge in [-0.1, -0.05) is 11.6 Å². The fraction of sp³-hybridized carbons (Fsp3) is 0.231. The Labute approximate surface area is 127 Å². The van der Waals surface area contributed by atoms with E-state index in [1.54, 1.807) is 14.0 Å². The lowest BCUT2D eigenvalue weighted by Gasteiger charge is -2.07. The molecule has 0 saturated heterocycles. The molecule has 0 aliphatic rings. The minimum atomic E-state index is -3.85. The molecule has 0 aliphatic heterocycles. The molecule has 1 heterocycles. The van der Waals surface area contributed by atoms with Gasteiger partial charge < -0.3 is 9.73 Å². The van der Waals surface area contributed by atoms with Gasteiger partial charge in [-0.25, -0.2) is 12.8 Å². The van der Waals surface area contributed by atoms with Crippen molar-refractivity contribution in [1.29, 1.82) is 0 Å². The second-order valence-electron chi connectivity index (χ2n) is 4.40. The molecular weight excluding hydrogens is 319 g/mol. The predicted octanol–water partition coefficient (Wildman–Crippen LogP) is 2.90. The first-order valence-corrected chi connectivity index (χ1v) is 7.91. The second kappa shape index (κ2) is 6.05. The summed E-state index contributed by atoms with van der Waals surface area (Å²) in [5.41, 5.74) is 0.0904. The molecule has 0 unspecified atom stereocenters. The summed E-state index contributed by atoms with van der Waals surface area (Å²) >= 11 is 5.56. The Morgan fingerprint density at radius 2 is 2.05 bits per heavy atom. The van der Waals surface area contributed by atoms with Crippen molar-refractivity contribution in [2.45, 2.75) is 18.4 Å². The van der Waals surface area contributed by atoms with E-state index >= 15 is 0 Å². The van der Waals surface area contributed by atoms with Gasteiger partial charge in [0.05, 0.1) is 17.3 Å². The number of halogens is 2. The van der Waals surface area contributed by atoms with Crippen LogP contribution in [0, 0.1) is 12.7 Å². The van der Waals surface area contributed by atoms with Crippen LogP contribution < -0.4 is 10.0 Å². The second-order valence-corrected chi connectivity index (χ2v) is 6.46.